The molecule has 23 heavy (non-hydrogen) atoms. The lowest BCUT2D eigenvalue weighted by Crippen LogP contribution is -2.49. The van der Waals surface area contributed by atoms with Crippen LogP contribution in [0.25, 0.3) is 0 Å². The van der Waals surface area contributed by atoms with Crippen LogP contribution in [0.5, 0.6) is 5.75 Å². The number of ether oxygens (including phenoxy) is 1. The van der Waals surface area contributed by atoms with Crippen molar-refractivity contribution in [2.45, 2.75) is 6.54 Å². The first-order valence-corrected chi connectivity index (χ1v) is 7.69. The topological polar surface area (TPSA) is 58.0 Å². The Kier molecular flexibility index (Phi) is 4.83. The molecule has 122 valence electrons. The highest BCUT2D eigenvalue weighted by molar-refractivity contribution is 5.89. The molecule has 6 nitrogen and oxygen atoms in total. The van der Waals surface area contributed by atoms with Gasteiger partial charge in [-0.15, -0.1) is 0 Å². The molecule has 2 aromatic rings. The maximum Gasteiger partial charge on any atom is 0.321 e. The van der Waals surface area contributed by atoms with Crippen LogP contribution in [-0.2, 0) is 6.54 Å². The third-order valence-electron chi connectivity index (χ3n) is 3.94. The number of methoxy groups -OCH3 is 1. The standard InChI is InChI=1S/C17H21N3O3/c1-22-15-5-2-4-14(12-15)18-17(21)20-9-7-19(8-10-20)13-16-6-3-11-23-16/h2-6,11-12H,7-10,13H2,1H3,(H,18,21). The summed E-state index contributed by atoms with van der Waals surface area (Å²) in [5, 5.41) is 2.92. The Morgan fingerprint density at radius 2 is 2.04 bits per heavy atom. The number of amides is 2. The van der Waals surface area contributed by atoms with Gasteiger partial charge in [-0.05, 0) is 24.3 Å². The molecule has 1 aliphatic heterocycles. The van der Waals surface area contributed by atoms with E-state index in [1.54, 1.807) is 13.4 Å². The fourth-order valence-corrected chi connectivity index (χ4v) is 2.64. The molecule has 1 fully saturated rings. The Balaban J connectivity index is 1.49. The van der Waals surface area contributed by atoms with Crippen molar-refractivity contribution in [3.63, 3.8) is 0 Å². The Labute approximate surface area is 135 Å². The Hall–Kier alpha value is -2.47. The maximum atomic E-state index is 12.3. The Bertz CT molecular complexity index is 634. The number of nitrogens with one attached hydrogen (secondary N) is 1. The van der Waals surface area contributed by atoms with Crippen LogP contribution in [0, 0.1) is 0 Å². The number of urea groups is 1. The lowest BCUT2D eigenvalue weighted by atomic mass is 10.3. The van der Waals surface area contributed by atoms with Crippen molar-refractivity contribution in [1.29, 1.82) is 0 Å². The number of carbonyl (C=O) groups is 1. The van der Waals surface area contributed by atoms with E-state index in [4.69, 9.17) is 9.15 Å². The molecule has 0 unspecified atom stereocenters. The van der Waals surface area contributed by atoms with Crippen molar-refractivity contribution in [1.82, 2.24) is 9.80 Å². The molecule has 2 heterocycles. The van der Waals surface area contributed by atoms with Crippen LogP contribution < -0.4 is 10.1 Å². The van der Waals surface area contributed by atoms with E-state index in [1.165, 1.54) is 0 Å². The number of benzene rings is 1. The first-order chi connectivity index (χ1) is 11.2. The van der Waals surface area contributed by atoms with Gasteiger partial charge in [0, 0.05) is 37.9 Å². The summed E-state index contributed by atoms with van der Waals surface area (Å²) in [6.45, 7) is 3.88. The zero-order chi connectivity index (χ0) is 16.1. The summed E-state index contributed by atoms with van der Waals surface area (Å²) in [5.74, 6) is 1.69. The number of anilines is 1. The minimum Gasteiger partial charge on any atom is -0.497 e. The number of piperazine rings is 1. The van der Waals surface area contributed by atoms with Gasteiger partial charge in [-0.2, -0.15) is 0 Å². The third kappa shape index (κ3) is 4.04. The highest BCUT2D eigenvalue weighted by atomic mass is 16.5. The maximum absolute atomic E-state index is 12.3. The fraction of sp³-hybridized carbons (Fsp3) is 0.353. The second-order valence-corrected chi connectivity index (χ2v) is 5.50. The van der Waals surface area contributed by atoms with Crippen molar-refractivity contribution in [3.05, 3.63) is 48.4 Å². The molecule has 0 aliphatic carbocycles. The molecule has 6 heteroatoms. The predicted octanol–water partition coefficient (Wildman–Crippen LogP) is 2.64. The molecule has 3 rings (SSSR count). The lowest BCUT2D eigenvalue weighted by molar-refractivity contribution is 0.137. The number of rotatable bonds is 4. The minimum absolute atomic E-state index is 0.0732. The van der Waals surface area contributed by atoms with Crippen LogP contribution in [0.2, 0.25) is 0 Å². The molecule has 0 atom stereocenters. The van der Waals surface area contributed by atoms with Crippen molar-refractivity contribution < 1.29 is 13.9 Å². The van der Waals surface area contributed by atoms with E-state index >= 15 is 0 Å². The highest BCUT2D eigenvalue weighted by Gasteiger charge is 2.21. The van der Waals surface area contributed by atoms with E-state index in [9.17, 15) is 4.79 Å². The number of hydrogen-bond acceptors (Lipinski definition) is 4. The summed E-state index contributed by atoms with van der Waals surface area (Å²) < 4.78 is 10.5. The van der Waals surface area contributed by atoms with Crippen molar-refractivity contribution in [2.24, 2.45) is 0 Å². The third-order valence-corrected chi connectivity index (χ3v) is 3.94. The van der Waals surface area contributed by atoms with Crippen molar-refractivity contribution >= 4 is 11.7 Å². The second-order valence-electron chi connectivity index (χ2n) is 5.50. The summed E-state index contributed by atoms with van der Waals surface area (Å²) in [5.41, 5.74) is 0.743. The van der Waals surface area contributed by atoms with E-state index < -0.39 is 0 Å². The van der Waals surface area contributed by atoms with Gasteiger partial charge in [-0.3, -0.25) is 4.90 Å². The second kappa shape index (κ2) is 7.19. The number of nitrogens with zero attached hydrogens (tertiary/aromatic N) is 2. The number of furan rings is 1. The average molecular weight is 315 g/mol. The number of hydrogen-bond donors (Lipinski definition) is 1. The fourth-order valence-electron chi connectivity index (χ4n) is 2.64. The first-order valence-electron chi connectivity index (χ1n) is 7.69. The Morgan fingerprint density at radius 3 is 2.74 bits per heavy atom. The largest absolute Gasteiger partial charge is 0.497 e. The molecule has 1 saturated heterocycles. The van der Waals surface area contributed by atoms with Gasteiger partial charge in [0.05, 0.1) is 19.9 Å². The summed E-state index contributed by atoms with van der Waals surface area (Å²) in [6, 6.07) is 11.2. The van der Waals surface area contributed by atoms with Gasteiger partial charge in [0.2, 0.25) is 0 Å². The molecule has 1 aliphatic rings. The smallest absolute Gasteiger partial charge is 0.321 e. The number of carbonyl (C=O) groups excluding carboxylic acids is 1. The van der Waals surface area contributed by atoms with Crippen LogP contribution in [0.1, 0.15) is 5.76 Å². The van der Waals surface area contributed by atoms with Crippen LogP contribution in [0.3, 0.4) is 0 Å². The molecular formula is C17H21N3O3. The molecule has 0 saturated carbocycles. The molecule has 1 aromatic heterocycles. The van der Waals surface area contributed by atoms with Crippen molar-refractivity contribution in [2.75, 3.05) is 38.6 Å². The van der Waals surface area contributed by atoms with Gasteiger partial charge in [0.15, 0.2) is 0 Å². The van der Waals surface area contributed by atoms with E-state index in [2.05, 4.69) is 10.2 Å². The van der Waals surface area contributed by atoms with E-state index in [0.29, 0.717) is 13.1 Å². The molecule has 1 N–H and O–H groups in total. The van der Waals surface area contributed by atoms with Gasteiger partial charge in [-0.25, -0.2) is 4.79 Å². The van der Waals surface area contributed by atoms with Crippen LogP contribution >= 0.6 is 0 Å². The molecule has 1 aromatic carbocycles. The minimum atomic E-state index is -0.0732. The SMILES string of the molecule is COc1cccc(NC(=O)N2CCN(Cc3ccco3)CC2)c1. The Morgan fingerprint density at radius 1 is 1.22 bits per heavy atom. The zero-order valence-electron chi connectivity index (χ0n) is 13.2. The summed E-state index contributed by atoms with van der Waals surface area (Å²) in [6.07, 6.45) is 1.69. The van der Waals surface area contributed by atoms with E-state index in [1.807, 2.05) is 41.3 Å². The van der Waals surface area contributed by atoms with Crippen LogP contribution in [0.4, 0.5) is 10.5 Å². The first kappa shape index (κ1) is 15.4. The quantitative estimate of drug-likeness (QED) is 0.942. The normalized spacial score (nSPS) is 15.4. The van der Waals surface area contributed by atoms with E-state index in [-0.39, 0.29) is 6.03 Å². The van der Waals surface area contributed by atoms with Gasteiger partial charge in [0.25, 0.3) is 0 Å². The summed E-state index contributed by atoms with van der Waals surface area (Å²) in [4.78, 5) is 16.4. The monoisotopic (exact) mass is 315 g/mol. The van der Waals surface area contributed by atoms with E-state index in [0.717, 1.165) is 36.8 Å². The van der Waals surface area contributed by atoms with Gasteiger partial charge >= 0.3 is 6.03 Å². The van der Waals surface area contributed by atoms with Gasteiger partial charge < -0.3 is 19.4 Å². The highest BCUT2D eigenvalue weighted by Crippen LogP contribution is 2.17. The molecule has 0 spiro atoms. The molecular weight excluding hydrogens is 294 g/mol. The van der Waals surface area contributed by atoms with Crippen LogP contribution in [-0.4, -0.2) is 49.1 Å². The van der Waals surface area contributed by atoms with Crippen molar-refractivity contribution in [3.8, 4) is 5.75 Å². The molecule has 0 bridgehead atoms. The average Bonchev–Trinajstić information content (AvgIpc) is 3.08. The summed E-state index contributed by atoms with van der Waals surface area (Å²) >= 11 is 0. The summed E-state index contributed by atoms with van der Waals surface area (Å²) in [7, 11) is 1.61. The lowest BCUT2D eigenvalue weighted by Gasteiger charge is -2.34. The molecule has 2 amide bonds. The molecule has 0 radical (unpaired) electrons. The zero-order valence-corrected chi connectivity index (χ0v) is 13.2. The predicted molar refractivity (Wildman–Crippen MR) is 87.6 cm³/mol. The van der Waals surface area contributed by atoms with Crippen LogP contribution in [0.15, 0.2) is 47.1 Å². The van der Waals surface area contributed by atoms with Gasteiger partial charge in [0.1, 0.15) is 11.5 Å². The van der Waals surface area contributed by atoms with Gasteiger partial charge in [-0.1, -0.05) is 6.07 Å².